The molecule has 222 valence electrons. The number of benzene rings is 2. The van der Waals surface area contributed by atoms with E-state index in [1.54, 1.807) is 13.0 Å². The van der Waals surface area contributed by atoms with E-state index in [0.29, 0.717) is 77.8 Å². The number of ether oxygens (including phenoxy) is 1. The fraction of sp³-hybridized carbons (Fsp3) is 0.469. The lowest BCUT2D eigenvalue weighted by molar-refractivity contribution is -0.126. The summed E-state index contributed by atoms with van der Waals surface area (Å²) in [5.41, 5.74) is 1.90. The minimum Gasteiger partial charge on any atom is -0.508 e. The number of likely N-dealkylation sites (tertiary alicyclic amines) is 1. The summed E-state index contributed by atoms with van der Waals surface area (Å²) < 4.78 is 20.4. The molecule has 0 saturated carbocycles. The minimum absolute atomic E-state index is 0.0526. The van der Waals surface area contributed by atoms with Gasteiger partial charge in [-0.05, 0) is 43.7 Å². The predicted octanol–water partition coefficient (Wildman–Crippen LogP) is 3.94. The molecule has 9 nitrogen and oxygen atoms in total. The Morgan fingerprint density at radius 2 is 1.83 bits per heavy atom. The van der Waals surface area contributed by atoms with E-state index in [2.05, 4.69) is 27.3 Å². The van der Waals surface area contributed by atoms with Gasteiger partial charge in [0.2, 0.25) is 5.91 Å². The summed E-state index contributed by atoms with van der Waals surface area (Å²) >= 11 is 0. The standard InChI is InChI=1S/C32H39FN6O3/c1-3-29(41)37-14-16-38(17-15-37)30-26-8-11-39(28-21-24(40)20-23-6-4-5-7-25(23)28)22-27(26)34-31(35-30)42-19-18-36-12-9-32(2,33)10-13-36/h3-7,20-21,40H,1,8-19,22H2,2H3. The summed E-state index contributed by atoms with van der Waals surface area (Å²) in [5, 5.41) is 12.5. The summed E-state index contributed by atoms with van der Waals surface area (Å²) in [6.07, 6.45) is 3.18. The molecule has 1 aromatic heterocycles. The Morgan fingerprint density at radius 1 is 1.07 bits per heavy atom. The molecule has 42 heavy (non-hydrogen) atoms. The zero-order valence-corrected chi connectivity index (χ0v) is 24.3. The fourth-order valence-corrected chi connectivity index (χ4v) is 6.23. The second-order valence-corrected chi connectivity index (χ2v) is 11.7. The highest BCUT2D eigenvalue weighted by atomic mass is 19.1. The lowest BCUT2D eigenvalue weighted by Crippen LogP contribution is -2.49. The lowest BCUT2D eigenvalue weighted by atomic mass is 9.96. The van der Waals surface area contributed by atoms with Gasteiger partial charge in [-0.15, -0.1) is 0 Å². The van der Waals surface area contributed by atoms with E-state index in [1.165, 1.54) is 6.08 Å². The van der Waals surface area contributed by atoms with Crippen LogP contribution in [0.4, 0.5) is 15.9 Å². The number of piperidine rings is 1. The Kier molecular flexibility index (Phi) is 7.90. The highest BCUT2D eigenvalue weighted by Gasteiger charge is 2.31. The number of nitrogens with zero attached hydrogens (tertiary/aromatic N) is 6. The number of halogens is 1. The number of hydrogen-bond donors (Lipinski definition) is 1. The van der Waals surface area contributed by atoms with Crippen molar-refractivity contribution in [2.45, 2.75) is 38.4 Å². The Bertz CT molecular complexity index is 1460. The number of aromatic nitrogens is 2. The zero-order chi connectivity index (χ0) is 29.3. The number of piperazine rings is 1. The van der Waals surface area contributed by atoms with Crippen LogP contribution in [0.5, 0.6) is 11.8 Å². The zero-order valence-electron chi connectivity index (χ0n) is 24.3. The summed E-state index contributed by atoms with van der Waals surface area (Å²) in [4.78, 5) is 30.5. The van der Waals surface area contributed by atoms with Crippen molar-refractivity contribution in [2.75, 3.05) is 68.8 Å². The van der Waals surface area contributed by atoms with Gasteiger partial charge in [-0.3, -0.25) is 9.69 Å². The number of alkyl halides is 1. The Morgan fingerprint density at radius 3 is 2.60 bits per heavy atom. The number of carbonyl (C=O) groups is 1. The second-order valence-electron chi connectivity index (χ2n) is 11.7. The van der Waals surface area contributed by atoms with Crippen LogP contribution >= 0.6 is 0 Å². The molecule has 2 saturated heterocycles. The van der Waals surface area contributed by atoms with Crippen LogP contribution in [0.2, 0.25) is 0 Å². The number of rotatable bonds is 7. The number of anilines is 2. The fourth-order valence-electron chi connectivity index (χ4n) is 6.23. The van der Waals surface area contributed by atoms with Gasteiger partial charge in [0, 0.05) is 75.1 Å². The average Bonchev–Trinajstić information content (AvgIpc) is 3.00. The van der Waals surface area contributed by atoms with Crippen LogP contribution in [-0.2, 0) is 17.8 Å². The number of phenols is 1. The molecular weight excluding hydrogens is 535 g/mol. The largest absolute Gasteiger partial charge is 0.508 e. The third-order valence-corrected chi connectivity index (χ3v) is 8.79. The van der Waals surface area contributed by atoms with Gasteiger partial charge < -0.3 is 24.5 Å². The average molecular weight is 575 g/mol. The van der Waals surface area contributed by atoms with Gasteiger partial charge in [0.25, 0.3) is 0 Å². The highest BCUT2D eigenvalue weighted by molar-refractivity contribution is 5.95. The van der Waals surface area contributed by atoms with E-state index >= 15 is 0 Å². The first kappa shape index (κ1) is 28.2. The van der Waals surface area contributed by atoms with Crippen molar-refractivity contribution in [2.24, 2.45) is 0 Å². The molecule has 0 aliphatic carbocycles. The molecule has 3 aliphatic rings. The molecule has 1 N–H and O–H groups in total. The molecule has 0 spiro atoms. The third-order valence-electron chi connectivity index (χ3n) is 8.79. The summed E-state index contributed by atoms with van der Waals surface area (Å²) in [5.74, 6) is 1.05. The number of aromatic hydroxyl groups is 1. The van der Waals surface area contributed by atoms with Crippen LogP contribution < -0.4 is 14.5 Å². The van der Waals surface area contributed by atoms with Crippen LogP contribution in [0.25, 0.3) is 10.8 Å². The first-order valence-electron chi connectivity index (χ1n) is 14.9. The smallest absolute Gasteiger partial charge is 0.318 e. The molecule has 10 heteroatoms. The topological polar surface area (TPSA) is 85.3 Å². The second kappa shape index (κ2) is 11.8. The van der Waals surface area contributed by atoms with Gasteiger partial charge in [0.15, 0.2) is 0 Å². The third kappa shape index (κ3) is 5.99. The van der Waals surface area contributed by atoms with Crippen LogP contribution in [0, 0.1) is 0 Å². The molecule has 0 radical (unpaired) electrons. The number of carbonyl (C=O) groups excluding carboxylic acids is 1. The normalized spacial score (nSPS) is 19.0. The van der Waals surface area contributed by atoms with Gasteiger partial charge in [-0.25, -0.2) is 4.39 Å². The van der Waals surface area contributed by atoms with E-state index in [1.807, 2.05) is 29.2 Å². The number of phenolic OH excluding ortho intramolecular Hbond substituents is 1. The summed E-state index contributed by atoms with van der Waals surface area (Å²) in [6.45, 7) is 11.7. The van der Waals surface area contributed by atoms with Crippen molar-refractivity contribution in [1.29, 1.82) is 0 Å². The van der Waals surface area contributed by atoms with E-state index < -0.39 is 5.67 Å². The predicted molar refractivity (Wildman–Crippen MR) is 162 cm³/mol. The van der Waals surface area contributed by atoms with Crippen LogP contribution in [0.1, 0.15) is 31.0 Å². The molecular formula is C32H39FN6O3. The number of fused-ring (bicyclic) bond motifs is 2. The molecule has 0 bridgehead atoms. The molecule has 0 atom stereocenters. The summed E-state index contributed by atoms with van der Waals surface area (Å²) in [7, 11) is 0. The maximum absolute atomic E-state index is 14.2. The lowest BCUT2D eigenvalue weighted by Gasteiger charge is -2.38. The first-order valence-corrected chi connectivity index (χ1v) is 14.9. The summed E-state index contributed by atoms with van der Waals surface area (Å²) in [6, 6.07) is 12.0. The molecule has 3 aliphatic heterocycles. The van der Waals surface area contributed by atoms with Gasteiger partial charge in [0.1, 0.15) is 23.8 Å². The van der Waals surface area contributed by atoms with E-state index in [4.69, 9.17) is 14.7 Å². The van der Waals surface area contributed by atoms with E-state index in [-0.39, 0.29) is 11.7 Å². The Labute approximate surface area is 246 Å². The van der Waals surface area contributed by atoms with Crippen LogP contribution in [0.15, 0.2) is 49.1 Å². The van der Waals surface area contributed by atoms with Crippen molar-refractivity contribution in [1.82, 2.24) is 19.8 Å². The van der Waals surface area contributed by atoms with E-state index in [9.17, 15) is 14.3 Å². The van der Waals surface area contributed by atoms with Crippen molar-refractivity contribution in [3.05, 3.63) is 60.3 Å². The van der Waals surface area contributed by atoms with Crippen LogP contribution in [-0.4, -0.2) is 95.4 Å². The quantitative estimate of drug-likeness (QED) is 0.425. The van der Waals surface area contributed by atoms with Crippen molar-refractivity contribution < 1.29 is 19.0 Å². The molecule has 3 aromatic rings. The number of hydrogen-bond acceptors (Lipinski definition) is 8. The van der Waals surface area contributed by atoms with E-state index in [0.717, 1.165) is 46.5 Å². The SMILES string of the molecule is C=CC(=O)N1CCN(c2nc(OCCN3CCC(C)(F)CC3)nc3c2CCN(c2cc(O)cc4ccccc24)C3)CC1. The molecule has 2 aromatic carbocycles. The van der Waals surface area contributed by atoms with Crippen molar-refractivity contribution in [3.8, 4) is 11.8 Å². The minimum atomic E-state index is -1.08. The van der Waals surface area contributed by atoms with Crippen LogP contribution in [0.3, 0.4) is 0 Å². The van der Waals surface area contributed by atoms with Crippen molar-refractivity contribution >= 4 is 28.2 Å². The Balaban J connectivity index is 1.25. The van der Waals surface area contributed by atoms with Gasteiger partial charge in [0.05, 0.1) is 12.2 Å². The van der Waals surface area contributed by atoms with Gasteiger partial charge in [-0.1, -0.05) is 30.8 Å². The van der Waals surface area contributed by atoms with Crippen molar-refractivity contribution in [3.63, 3.8) is 0 Å². The monoisotopic (exact) mass is 574 g/mol. The maximum Gasteiger partial charge on any atom is 0.318 e. The molecule has 4 heterocycles. The molecule has 1 amide bonds. The maximum atomic E-state index is 14.2. The Hall–Kier alpha value is -3.92. The van der Waals surface area contributed by atoms with Gasteiger partial charge in [-0.2, -0.15) is 9.97 Å². The first-order chi connectivity index (χ1) is 20.3. The highest BCUT2D eigenvalue weighted by Crippen LogP contribution is 2.36. The number of amides is 1. The molecule has 6 rings (SSSR count). The van der Waals surface area contributed by atoms with Gasteiger partial charge >= 0.3 is 6.01 Å². The molecule has 2 fully saturated rings. The molecule has 0 unspecified atom stereocenters.